The monoisotopic (exact) mass is 316 g/mol. The standard InChI is InChI=1S/C12H10Cl2N2O4/c1-5-2-7(14)8(3-6(5)13)15-11(17)10-4-9(12(18)19)16-20-10/h2-3,10H,4H2,1H3,(H,15,17)(H,18,19). The smallest absolute Gasteiger partial charge is 0.353 e. The summed E-state index contributed by atoms with van der Waals surface area (Å²) in [5.41, 5.74) is 0.918. The lowest BCUT2D eigenvalue weighted by molar-refractivity contribution is -0.129. The van der Waals surface area contributed by atoms with E-state index in [1.54, 1.807) is 13.0 Å². The number of benzene rings is 1. The number of anilines is 1. The zero-order valence-electron chi connectivity index (χ0n) is 10.3. The van der Waals surface area contributed by atoms with Crippen molar-refractivity contribution in [2.45, 2.75) is 19.4 Å². The van der Waals surface area contributed by atoms with Gasteiger partial charge in [0.2, 0.25) is 6.10 Å². The van der Waals surface area contributed by atoms with Crippen LogP contribution >= 0.6 is 23.2 Å². The number of rotatable bonds is 3. The lowest BCUT2D eigenvalue weighted by Gasteiger charge is -2.12. The highest BCUT2D eigenvalue weighted by Crippen LogP contribution is 2.29. The number of aliphatic carboxylic acids is 1. The van der Waals surface area contributed by atoms with Crippen molar-refractivity contribution in [1.82, 2.24) is 0 Å². The topological polar surface area (TPSA) is 88.0 Å². The molecule has 20 heavy (non-hydrogen) atoms. The number of nitrogens with zero attached hydrogens (tertiary/aromatic N) is 1. The maximum Gasteiger partial charge on any atom is 0.353 e. The highest BCUT2D eigenvalue weighted by Gasteiger charge is 2.31. The van der Waals surface area contributed by atoms with Crippen LogP contribution in [0.2, 0.25) is 10.0 Å². The van der Waals surface area contributed by atoms with Crippen molar-refractivity contribution in [3.63, 3.8) is 0 Å². The number of nitrogens with one attached hydrogen (secondary N) is 1. The van der Waals surface area contributed by atoms with Crippen LogP contribution in [0.15, 0.2) is 17.3 Å². The average Bonchev–Trinajstić information content (AvgIpc) is 2.85. The minimum Gasteiger partial charge on any atom is -0.477 e. The van der Waals surface area contributed by atoms with E-state index >= 15 is 0 Å². The number of oxime groups is 1. The second kappa shape index (κ2) is 5.68. The fourth-order valence-electron chi connectivity index (χ4n) is 1.60. The lowest BCUT2D eigenvalue weighted by atomic mass is 10.1. The Hall–Kier alpha value is -1.79. The van der Waals surface area contributed by atoms with Gasteiger partial charge >= 0.3 is 5.97 Å². The van der Waals surface area contributed by atoms with Gasteiger partial charge < -0.3 is 15.3 Å². The molecule has 2 N–H and O–H groups in total. The fourth-order valence-corrected chi connectivity index (χ4v) is 2.03. The molecule has 1 heterocycles. The average molecular weight is 317 g/mol. The highest BCUT2D eigenvalue weighted by atomic mass is 35.5. The Bertz CT molecular complexity index is 616. The number of hydrogen-bond donors (Lipinski definition) is 2. The predicted octanol–water partition coefficient (Wildman–Crippen LogP) is 2.47. The second-order valence-corrected chi connectivity index (χ2v) is 5.03. The molecule has 106 valence electrons. The molecule has 1 aliphatic heterocycles. The minimum atomic E-state index is -1.21. The van der Waals surface area contributed by atoms with Crippen molar-refractivity contribution in [1.29, 1.82) is 0 Å². The zero-order valence-corrected chi connectivity index (χ0v) is 11.8. The van der Waals surface area contributed by atoms with Crippen molar-refractivity contribution in [2.75, 3.05) is 5.32 Å². The molecule has 0 saturated carbocycles. The Morgan fingerprint density at radius 3 is 2.70 bits per heavy atom. The minimum absolute atomic E-state index is 0.0988. The van der Waals surface area contributed by atoms with E-state index < -0.39 is 18.0 Å². The zero-order chi connectivity index (χ0) is 14.9. The molecule has 0 radical (unpaired) electrons. The third kappa shape index (κ3) is 3.02. The molecule has 1 unspecified atom stereocenters. The number of carbonyl (C=O) groups excluding carboxylic acids is 1. The Morgan fingerprint density at radius 1 is 1.40 bits per heavy atom. The predicted molar refractivity (Wildman–Crippen MR) is 74.4 cm³/mol. The summed E-state index contributed by atoms with van der Waals surface area (Å²) in [4.78, 5) is 27.4. The van der Waals surface area contributed by atoms with Gasteiger partial charge in [-0.2, -0.15) is 0 Å². The summed E-state index contributed by atoms with van der Waals surface area (Å²) in [5.74, 6) is -1.75. The Labute approximate surface area is 124 Å². The van der Waals surface area contributed by atoms with Crippen LogP contribution in [-0.2, 0) is 14.4 Å². The first kappa shape index (κ1) is 14.6. The number of halogens is 2. The van der Waals surface area contributed by atoms with Crippen molar-refractivity contribution in [2.24, 2.45) is 5.16 Å². The molecule has 0 aliphatic carbocycles. The molecule has 1 atom stereocenters. The van der Waals surface area contributed by atoms with Gasteiger partial charge in [0, 0.05) is 11.4 Å². The van der Waals surface area contributed by atoms with Crippen LogP contribution in [-0.4, -0.2) is 28.8 Å². The molecular weight excluding hydrogens is 307 g/mol. The van der Waals surface area contributed by atoms with E-state index in [4.69, 9.17) is 33.1 Å². The number of aryl methyl sites for hydroxylation is 1. The molecule has 0 aromatic heterocycles. The third-order valence-corrected chi connectivity index (χ3v) is 3.43. The molecule has 1 aromatic carbocycles. The molecule has 1 aromatic rings. The number of hydrogen-bond acceptors (Lipinski definition) is 4. The van der Waals surface area contributed by atoms with Gasteiger partial charge in [0.1, 0.15) is 0 Å². The lowest BCUT2D eigenvalue weighted by Crippen LogP contribution is -2.29. The van der Waals surface area contributed by atoms with Gasteiger partial charge in [-0.25, -0.2) is 4.79 Å². The van der Waals surface area contributed by atoms with Gasteiger partial charge in [0.05, 0.1) is 10.7 Å². The molecule has 0 saturated heterocycles. The first-order valence-electron chi connectivity index (χ1n) is 5.61. The summed E-state index contributed by atoms with van der Waals surface area (Å²) in [5, 5.41) is 15.4. The normalized spacial score (nSPS) is 17.4. The van der Waals surface area contributed by atoms with E-state index in [0.29, 0.717) is 15.7 Å². The Morgan fingerprint density at radius 2 is 2.10 bits per heavy atom. The van der Waals surface area contributed by atoms with E-state index in [2.05, 4.69) is 10.5 Å². The molecule has 0 spiro atoms. The van der Waals surface area contributed by atoms with Crippen molar-refractivity contribution >= 4 is 46.5 Å². The molecule has 1 aliphatic rings. The summed E-state index contributed by atoms with van der Waals surface area (Å²) in [6, 6.07) is 3.14. The van der Waals surface area contributed by atoms with Crippen LogP contribution in [0.1, 0.15) is 12.0 Å². The molecule has 8 heteroatoms. The third-order valence-electron chi connectivity index (χ3n) is 2.71. The van der Waals surface area contributed by atoms with E-state index in [0.717, 1.165) is 5.56 Å². The van der Waals surface area contributed by atoms with Crippen molar-refractivity contribution in [3.8, 4) is 0 Å². The van der Waals surface area contributed by atoms with Crippen LogP contribution in [0.3, 0.4) is 0 Å². The van der Waals surface area contributed by atoms with Gasteiger partial charge in [-0.05, 0) is 24.6 Å². The number of carbonyl (C=O) groups is 2. The van der Waals surface area contributed by atoms with Gasteiger partial charge in [-0.1, -0.05) is 28.4 Å². The Kier molecular flexibility index (Phi) is 4.15. The van der Waals surface area contributed by atoms with Crippen molar-refractivity contribution in [3.05, 3.63) is 27.7 Å². The molecular formula is C12H10Cl2N2O4. The maximum atomic E-state index is 11.9. The molecule has 0 bridgehead atoms. The quantitative estimate of drug-likeness (QED) is 0.896. The summed E-state index contributed by atoms with van der Waals surface area (Å²) in [7, 11) is 0. The summed E-state index contributed by atoms with van der Waals surface area (Å²) in [6.07, 6.45) is -1.09. The van der Waals surface area contributed by atoms with Crippen LogP contribution in [0.5, 0.6) is 0 Å². The highest BCUT2D eigenvalue weighted by molar-refractivity contribution is 6.37. The number of carboxylic acid groups (broad SMARTS) is 1. The molecule has 0 fully saturated rings. The molecule has 2 rings (SSSR count). The van der Waals surface area contributed by atoms with Crippen LogP contribution in [0.25, 0.3) is 0 Å². The first-order valence-corrected chi connectivity index (χ1v) is 6.36. The van der Waals surface area contributed by atoms with Gasteiger partial charge in [0.15, 0.2) is 5.71 Å². The van der Waals surface area contributed by atoms with Crippen LogP contribution in [0.4, 0.5) is 5.69 Å². The van der Waals surface area contributed by atoms with E-state index in [1.165, 1.54) is 6.07 Å². The SMILES string of the molecule is Cc1cc(Cl)c(NC(=O)C2CC(C(=O)O)=NO2)cc1Cl. The molecule has 1 amide bonds. The van der Waals surface area contributed by atoms with Gasteiger partial charge in [0.25, 0.3) is 5.91 Å². The summed E-state index contributed by atoms with van der Waals surface area (Å²) < 4.78 is 0. The largest absolute Gasteiger partial charge is 0.477 e. The maximum absolute atomic E-state index is 11.9. The number of amides is 1. The number of carboxylic acids is 1. The van der Waals surface area contributed by atoms with Gasteiger partial charge in [-0.3, -0.25) is 4.79 Å². The van der Waals surface area contributed by atoms with Crippen LogP contribution < -0.4 is 5.32 Å². The Balaban J connectivity index is 2.07. The molecule has 6 nitrogen and oxygen atoms in total. The van der Waals surface area contributed by atoms with E-state index in [-0.39, 0.29) is 12.1 Å². The summed E-state index contributed by atoms with van der Waals surface area (Å²) in [6.45, 7) is 1.78. The summed E-state index contributed by atoms with van der Waals surface area (Å²) >= 11 is 11.9. The van der Waals surface area contributed by atoms with Crippen molar-refractivity contribution < 1.29 is 19.5 Å². The second-order valence-electron chi connectivity index (χ2n) is 4.21. The first-order chi connectivity index (χ1) is 9.38. The fraction of sp³-hybridized carbons (Fsp3) is 0.250. The van der Waals surface area contributed by atoms with E-state index in [9.17, 15) is 9.59 Å². The van der Waals surface area contributed by atoms with E-state index in [1.807, 2.05) is 0 Å². The van der Waals surface area contributed by atoms with Crippen LogP contribution in [0, 0.1) is 6.92 Å². The van der Waals surface area contributed by atoms with Gasteiger partial charge in [-0.15, -0.1) is 0 Å².